The van der Waals surface area contributed by atoms with Crippen LogP contribution in [-0.4, -0.2) is 9.97 Å². The molecule has 0 fully saturated rings. The minimum atomic E-state index is 0.601. The highest BCUT2D eigenvalue weighted by Gasteiger charge is 1.93. The first-order valence-electron chi connectivity index (χ1n) is 3.96. The third kappa shape index (κ3) is 3.44. The molecule has 0 saturated carbocycles. The monoisotopic (exact) mass is 180 g/mol. The Labute approximate surface area is 77.8 Å². The lowest BCUT2D eigenvalue weighted by Gasteiger charge is -1.98. The third-order valence-corrected chi connectivity index (χ3v) is 1.84. The molecule has 0 spiro atoms. The summed E-state index contributed by atoms with van der Waals surface area (Å²) in [5.41, 5.74) is 6.67. The van der Waals surface area contributed by atoms with Gasteiger partial charge in [-0.05, 0) is 37.0 Å². The zero-order valence-corrected chi connectivity index (χ0v) is 7.68. The van der Waals surface area contributed by atoms with Crippen LogP contribution in [0.4, 0.5) is 0 Å². The van der Waals surface area contributed by atoms with Gasteiger partial charge in [0.2, 0.25) is 0 Å². The number of aromatic nitrogens is 1. The number of nitrogens with zero attached hydrogens (tertiary/aromatic N) is 1. The van der Waals surface area contributed by atoms with Gasteiger partial charge in [0.05, 0.1) is 4.99 Å². The molecule has 64 valence electrons. The molecule has 0 radical (unpaired) electrons. The zero-order chi connectivity index (χ0) is 8.81. The van der Waals surface area contributed by atoms with E-state index in [1.165, 1.54) is 5.56 Å². The third-order valence-electron chi connectivity index (χ3n) is 1.64. The van der Waals surface area contributed by atoms with E-state index in [9.17, 15) is 0 Å². The van der Waals surface area contributed by atoms with E-state index in [2.05, 4.69) is 4.98 Å². The maximum atomic E-state index is 5.38. The Hall–Kier alpha value is -0.960. The van der Waals surface area contributed by atoms with Gasteiger partial charge >= 0.3 is 0 Å². The molecule has 1 rings (SSSR count). The van der Waals surface area contributed by atoms with Gasteiger partial charge in [-0.15, -0.1) is 0 Å². The standard InChI is InChI=1S/C9H12N2S/c10-9(12)3-1-2-8-4-6-11-7-5-8/h4-7H,1-3H2,(H2,10,12). The molecule has 1 aromatic rings. The second kappa shape index (κ2) is 4.83. The van der Waals surface area contributed by atoms with E-state index >= 15 is 0 Å². The van der Waals surface area contributed by atoms with Gasteiger partial charge in [-0.1, -0.05) is 12.2 Å². The van der Waals surface area contributed by atoms with Gasteiger partial charge in [0.1, 0.15) is 0 Å². The minimum Gasteiger partial charge on any atom is -0.393 e. The van der Waals surface area contributed by atoms with Crippen LogP contribution in [0.1, 0.15) is 18.4 Å². The lowest BCUT2D eigenvalue weighted by atomic mass is 10.1. The summed E-state index contributed by atoms with van der Waals surface area (Å²) in [6.45, 7) is 0. The van der Waals surface area contributed by atoms with E-state index in [0.29, 0.717) is 4.99 Å². The number of nitrogens with two attached hydrogens (primary N) is 1. The molecule has 0 unspecified atom stereocenters. The molecule has 0 saturated heterocycles. The lowest BCUT2D eigenvalue weighted by Crippen LogP contribution is -2.07. The minimum absolute atomic E-state index is 0.601. The Balaban J connectivity index is 2.29. The number of thiocarbonyl (C=S) groups is 1. The van der Waals surface area contributed by atoms with Crippen LogP contribution in [0.2, 0.25) is 0 Å². The first-order chi connectivity index (χ1) is 5.79. The van der Waals surface area contributed by atoms with Gasteiger partial charge in [0.15, 0.2) is 0 Å². The van der Waals surface area contributed by atoms with Gasteiger partial charge in [-0.2, -0.15) is 0 Å². The number of hydrogen-bond acceptors (Lipinski definition) is 2. The van der Waals surface area contributed by atoms with Crippen molar-refractivity contribution in [2.24, 2.45) is 5.73 Å². The van der Waals surface area contributed by atoms with Crippen LogP contribution in [0.5, 0.6) is 0 Å². The second-order valence-corrected chi connectivity index (χ2v) is 3.20. The predicted octanol–water partition coefficient (Wildman–Crippen LogP) is 1.69. The van der Waals surface area contributed by atoms with E-state index in [1.807, 2.05) is 12.1 Å². The normalized spacial score (nSPS) is 9.67. The lowest BCUT2D eigenvalue weighted by molar-refractivity contribution is 0.865. The summed E-state index contributed by atoms with van der Waals surface area (Å²) >= 11 is 4.78. The molecule has 0 bridgehead atoms. The highest BCUT2D eigenvalue weighted by molar-refractivity contribution is 7.80. The topological polar surface area (TPSA) is 38.9 Å². The summed E-state index contributed by atoms with van der Waals surface area (Å²) in [7, 11) is 0. The van der Waals surface area contributed by atoms with Crippen molar-refractivity contribution in [3.05, 3.63) is 30.1 Å². The zero-order valence-electron chi connectivity index (χ0n) is 6.86. The number of pyridine rings is 1. The van der Waals surface area contributed by atoms with Gasteiger partial charge in [-0.3, -0.25) is 4.98 Å². The van der Waals surface area contributed by atoms with Crippen LogP contribution >= 0.6 is 12.2 Å². The fourth-order valence-electron chi connectivity index (χ4n) is 1.02. The Kier molecular flexibility index (Phi) is 3.67. The predicted molar refractivity (Wildman–Crippen MR) is 54.0 cm³/mol. The van der Waals surface area contributed by atoms with Crippen LogP contribution in [0.25, 0.3) is 0 Å². The number of aryl methyl sites for hydroxylation is 1. The quantitative estimate of drug-likeness (QED) is 0.717. The number of rotatable bonds is 4. The average molecular weight is 180 g/mol. The van der Waals surface area contributed by atoms with Crippen molar-refractivity contribution in [2.45, 2.75) is 19.3 Å². The first-order valence-corrected chi connectivity index (χ1v) is 4.37. The maximum absolute atomic E-state index is 5.38. The molecular weight excluding hydrogens is 168 g/mol. The summed E-state index contributed by atoms with van der Waals surface area (Å²) in [4.78, 5) is 4.54. The number of hydrogen-bond donors (Lipinski definition) is 1. The van der Waals surface area contributed by atoms with E-state index < -0.39 is 0 Å². The van der Waals surface area contributed by atoms with Crippen molar-refractivity contribution in [1.82, 2.24) is 4.98 Å². The molecule has 0 atom stereocenters. The highest BCUT2D eigenvalue weighted by Crippen LogP contribution is 2.02. The molecule has 0 amide bonds. The molecule has 1 aromatic heterocycles. The second-order valence-electron chi connectivity index (χ2n) is 2.68. The van der Waals surface area contributed by atoms with Crippen molar-refractivity contribution >= 4 is 17.2 Å². The van der Waals surface area contributed by atoms with E-state index in [4.69, 9.17) is 18.0 Å². The maximum Gasteiger partial charge on any atom is 0.0727 e. The van der Waals surface area contributed by atoms with Gasteiger partial charge < -0.3 is 5.73 Å². The van der Waals surface area contributed by atoms with Gasteiger partial charge in [0.25, 0.3) is 0 Å². The largest absolute Gasteiger partial charge is 0.393 e. The van der Waals surface area contributed by atoms with Crippen LogP contribution in [0, 0.1) is 0 Å². The van der Waals surface area contributed by atoms with Gasteiger partial charge in [-0.25, -0.2) is 0 Å². The van der Waals surface area contributed by atoms with Crippen molar-refractivity contribution in [3.8, 4) is 0 Å². The van der Waals surface area contributed by atoms with Gasteiger partial charge in [0, 0.05) is 12.4 Å². The van der Waals surface area contributed by atoms with Crippen LogP contribution < -0.4 is 5.73 Å². The summed E-state index contributed by atoms with van der Waals surface area (Å²) in [6.07, 6.45) is 6.49. The molecular formula is C9H12N2S. The van der Waals surface area contributed by atoms with Crippen LogP contribution in [0.15, 0.2) is 24.5 Å². The molecule has 1 heterocycles. The van der Waals surface area contributed by atoms with Crippen molar-refractivity contribution < 1.29 is 0 Å². The molecule has 12 heavy (non-hydrogen) atoms. The first kappa shape index (κ1) is 9.13. The Morgan fingerprint density at radius 3 is 2.67 bits per heavy atom. The fraction of sp³-hybridized carbons (Fsp3) is 0.333. The Morgan fingerprint density at radius 1 is 1.42 bits per heavy atom. The van der Waals surface area contributed by atoms with Crippen molar-refractivity contribution in [1.29, 1.82) is 0 Å². The summed E-state index contributed by atoms with van der Waals surface area (Å²) in [5.74, 6) is 0. The van der Waals surface area contributed by atoms with E-state index in [0.717, 1.165) is 19.3 Å². The summed E-state index contributed by atoms with van der Waals surface area (Å²) in [6, 6.07) is 4.03. The molecule has 3 heteroatoms. The van der Waals surface area contributed by atoms with E-state index in [1.54, 1.807) is 12.4 Å². The fourth-order valence-corrected chi connectivity index (χ4v) is 1.16. The SMILES string of the molecule is NC(=S)CCCc1ccncc1. The Bertz CT molecular complexity index is 246. The molecule has 0 aliphatic rings. The average Bonchev–Trinajstić information content (AvgIpc) is 2.05. The molecule has 0 aliphatic heterocycles. The van der Waals surface area contributed by atoms with E-state index in [-0.39, 0.29) is 0 Å². The summed E-state index contributed by atoms with van der Waals surface area (Å²) in [5, 5.41) is 0. The van der Waals surface area contributed by atoms with Crippen LogP contribution in [-0.2, 0) is 6.42 Å². The molecule has 2 N–H and O–H groups in total. The Morgan fingerprint density at radius 2 is 2.08 bits per heavy atom. The molecule has 2 nitrogen and oxygen atoms in total. The molecule has 0 aliphatic carbocycles. The highest BCUT2D eigenvalue weighted by atomic mass is 32.1. The van der Waals surface area contributed by atoms with Crippen molar-refractivity contribution in [3.63, 3.8) is 0 Å². The van der Waals surface area contributed by atoms with Crippen molar-refractivity contribution in [2.75, 3.05) is 0 Å². The molecule has 0 aromatic carbocycles. The van der Waals surface area contributed by atoms with Crippen LogP contribution in [0.3, 0.4) is 0 Å². The smallest absolute Gasteiger partial charge is 0.0727 e. The summed E-state index contributed by atoms with van der Waals surface area (Å²) < 4.78 is 0.